The lowest BCUT2D eigenvalue weighted by Crippen LogP contribution is -2.49. The van der Waals surface area contributed by atoms with E-state index in [-0.39, 0.29) is 47.8 Å². The van der Waals surface area contributed by atoms with Gasteiger partial charge in [0.1, 0.15) is 9.96 Å². The molecule has 3 rings (SSSR count). The number of piperidine rings is 1. The number of alkyl halides is 3. The zero-order valence-corrected chi connectivity index (χ0v) is 22.2. The summed E-state index contributed by atoms with van der Waals surface area (Å²) in [4.78, 5) is 25.1. The van der Waals surface area contributed by atoms with Crippen molar-refractivity contribution >= 4 is 43.2 Å². The van der Waals surface area contributed by atoms with E-state index in [1.165, 1.54) is 24.0 Å². The van der Waals surface area contributed by atoms with Crippen molar-refractivity contribution in [2.24, 2.45) is 5.84 Å². The van der Waals surface area contributed by atoms with Crippen LogP contribution in [0, 0.1) is 0 Å². The van der Waals surface area contributed by atoms with E-state index in [4.69, 9.17) is 10.6 Å². The number of sulfonamides is 2. The molecule has 210 valence electrons. The number of hydrazine groups is 1. The summed E-state index contributed by atoms with van der Waals surface area (Å²) in [6, 6.07) is 6.46. The average molecular weight is 600 g/mol. The molecule has 1 aliphatic rings. The molecule has 1 aromatic heterocycles. The largest absolute Gasteiger partial charge is 0.511 e. The molecular weight excluding hydrogens is 575 g/mol. The van der Waals surface area contributed by atoms with E-state index in [1.54, 1.807) is 18.2 Å². The first-order valence-electron chi connectivity index (χ1n) is 10.8. The van der Waals surface area contributed by atoms with Crippen LogP contribution in [0.15, 0.2) is 34.5 Å². The molecule has 2 aromatic rings. The fraction of sp³-hybridized carbons (Fsp3) is 0.400. The number of amides is 2. The number of nitrogens with two attached hydrogens (primary N) is 1. The molecule has 38 heavy (non-hydrogen) atoms. The van der Waals surface area contributed by atoms with Gasteiger partial charge in [0, 0.05) is 29.6 Å². The molecular formula is C20H24F3N5O7S3. The van der Waals surface area contributed by atoms with Crippen molar-refractivity contribution in [3.05, 3.63) is 46.3 Å². The summed E-state index contributed by atoms with van der Waals surface area (Å²) in [5.41, 5.74) is -3.61. The number of rotatable bonds is 9. The summed E-state index contributed by atoms with van der Waals surface area (Å²) >= 11 is 0.717. The second-order valence-corrected chi connectivity index (χ2v) is 13.0. The van der Waals surface area contributed by atoms with Crippen molar-refractivity contribution in [1.82, 2.24) is 19.8 Å². The Kier molecular flexibility index (Phi) is 9.04. The molecule has 0 atom stereocenters. The SMILES string of the molecule is COc1cccc(C(=O)NCc2cc(C(=O)NN)c(S(=O)(=O)N3CCC(NS(=O)(=O)C(F)(F)F)CC3)s2)c1. The lowest BCUT2D eigenvalue weighted by atomic mass is 10.1. The molecule has 0 bridgehead atoms. The van der Waals surface area contributed by atoms with E-state index in [2.05, 4.69) is 5.32 Å². The van der Waals surface area contributed by atoms with Crippen LogP contribution in [0.4, 0.5) is 13.2 Å². The number of carbonyl (C=O) groups is 2. The topological polar surface area (TPSA) is 177 Å². The Hall–Kier alpha value is -2.77. The molecule has 0 spiro atoms. The molecule has 12 nitrogen and oxygen atoms in total. The van der Waals surface area contributed by atoms with Gasteiger partial charge in [-0.05, 0) is 37.1 Å². The minimum Gasteiger partial charge on any atom is -0.497 e. The molecule has 0 saturated carbocycles. The summed E-state index contributed by atoms with van der Waals surface area (Å²) < 4.78 is 94.4. The van der Waals surface area contributed by atoms with Crippen molar-refractivity contribution in [1.29, 1.82) is 0 Å². The van der Waals surface area contributed by atoms with Crippen LogP contribution in [0.3, 0.4) is 0 Å². The first-order chi connectivity index (χ1) is 17.7. The minimum atomic E-state index is -5.58. The van der Waals surface area contributed by atoms with Crippen molar-refractivity contribution in [3.8, 4) is 5.75 Å². The summed E-state index contributed by atoms with van der Waals surface area (Å²) in [7, 11) is -8.46. The number of hydrogen-bond acceptors (Lipinski definition) is 9. The number of nitrogens with one attached hydrogen (secondary N) is 3. The van der Waals surface area contributed by atoms with Gasteiger partial charge in [-0.3, -0.25) is 15.0 Å². The standard InChI is InChI=1S/C20H24F3N5O7S3/c1-35-14-4-2-3-12(9-14)17(29)25-11-15-10-16(18(30)26-24)19(36-15)37(31,32)28-7-5-13(6-8-28)27-38(33,34)20(21,22)23/h2-4,9-10,13,27H,5-8,11,24H2,1H3,(H,25,29)(H,26,30). The van der Waals surface area contributed by atoms with E-state index >= 15 is 0 Å². The van der Waals surface area contributed by atoms with Gasteiger partial charge in [-0.2, -0.15) is 17.5 Å². The van der Waals surface area contributed by atoms with Crippen LogP contribution in [0.1, 0.15) is 38.4 Å². The molecule has 1 saturated heterocycles. The van der Waals surface area contributed by atoms with Crippen LogP contribution in [0.5, 0.6) is 5.75 Å². The Balaban J connectivity index is 1.75. The number of nitrogens with zero attached hydrogens (tertiary/aromatic N) is 1. The zero-order chi connectivity index (χ0) is 28.3. The van der Waals surface area contributed by atoms with Crippen molar-refractivity contribution < 1.29 is 44.3 Å². The molecule has 1 aromatic carbocycles. The maximum Gasteiger partial charge on any atom is 0.511 e. The Labute approximate surface area is 220 Å². The predicted octanol–water partition coefficient (Wildman–Crippen LogP) is 0.883. The Morgan fingerprint density at radius 1 is 1.13 bits per heavy atom. The van der Waals surface area contributed by atoms with Gasteiger partial charge < -0.3 is 10.1 Å². The van der Waals surface area contributed by atoms with Crippen LogP contribution < -0.4 is 26.0 Å². The van der Waals surface area contributed by atoms with Gasteiger partial charge in [0.2, 0.25) is 0 Å². The lowest BCUT2D eigenvalue weighted by molar-refractivity contribution is -0.0452. The second-order valence-electron chi connectivity index (χ2n) is 8.05. The quantitative estimate of drug-likeness (QED) is 0.187. The number of carbonyl (C=O) groups excluding carboxylic acids is 2. The highest BCUT2D eigenvalue weighted by atomic mass is 32.2. The lowest BCUT2D eigenvalue weighted by Gasteiger charge is -2.31. The van der Waals surface area contributed by atoms with Gasteiger partial charge in [-0.25, -0.2) is 27.4 Å². The minimum absolute atomic E-state index is 0.123. The number of methoxy groups -OCH3 is 1. The molecule has 5 N–H and O–H groups in total. The molecule has 1 fully saturated rings. The molecule has 2 heterocycles. The Bertz CT molecular complexity index is 1400. The van der Waals surface area contributed by atoms with Crippen LogP contribution in [-0.2, 0) is 26.6 Å². The highest BCUT2D eigenvalue weighted by Gasteiger charge is 2.47. The summed E-state index contributed by atoms with van der Waals surface area (Å²) in [5.74, 6) is 4.28. The Morgan fingerprint density at radius 2 is 1.79 bits per heavy atom. The first kappa shape index (κ1) is 29.8. The molecule has 0 radical (unpaired) electrons. The summed E-state index contributed by atoms with van der Waals surface area (Å²) in [6.07, 6.45) is -0.441. The average Bonchev–Trinajstić information content (AvgIpc) is 3.31. The maximum atomic E-state index is 13.3. The molecule has 18 heteroatoms. The predicted molar refractivity (Wildman–Crippen MR) is 130 cm³/mol. The Morgan fingerprint density at radius 3 is 2.37 bits per heavy atom. The summed E-state index contributed by atoms with van der Waals surface area (Å²) in [6.45, 7) is -0.712. The fourth-order valence-corrected chi connectivity index (χ4v) is 7.63. The molecule has 0 unspecified atom stereocenters. The highest BCUT2D eigenvalue weighted by Crippen LogP contribution is 2.32. The number of benzene rings is 1. The third-order valence-corrected chi connectivity index (χ3v) is 10.3. The smallest absolute Gasteiger partial charge is 0.497 e. The van der Waals surface area contributed by atoms with E-state index in [0.717, 1.165) is 15.6 Å². The normalized spacial score (nSPS) is 15.7. The van der Waals surface area contributed by atoms with Crippen LogP contribution in [0.2, 0.25) is 0 Å². The highest BCUT2D eigenvalue weighted by molar-refractivity contribution is 7.91. The van der Waals surface area contributed by atoms with E-state index in [1.807, 2.05) is 5.43 Å². The van der Waals surface area contributed by atoms with Crippen molar-refractivity contribution in [2.45, 2.75) is 35.1 Å². The van der Waals surface area contributed by atoms with Gasteiger partial charge in [-0.1, -0.05) is 6.07 Å². The second kappa shape index (κ2) is 11.5. The van der Waals surface area contributed by atoms with Gasteiger partial charge >= 0.3 is 15.5 Å². The van der Waals surface area contributed by atoms with Gasteiger partial charge in [-0.15, -0.1) is 11.3 Å². The third kappa shape index (κ3) is 6.62. The molecule has 2 amide bonds. The van der Waals surface area contributed by atoms with Crippen LogP contribution in [0.25, 0.3) is 0 Å². The van der Waals surface area contributed by atoms with Gasteiger partial charge in [0.25, 0.3) is 21.8 Å². The number of nitrogen functional groups attached to an aromatic ring is 1. The van der Waals surface area contributed by atoms with E-state index in [9.17, 15) is 39.6 Å². The van der Waals surface area contributed by atoms with E-state index in [0.29, 0.717) is 10.6 Å². The number of halogens is 3. The number of hydrogen-bond donors (Lipinski definition) is 4. The third-order valence-electron chi connectivity index (χ3n) is 5.53. The first-order valence-corrected chi connectivity index (χ1v) is 14.6. The van der Waals surface area contributed by atoms with Crippen molar-refractivity contribution in [3.63, 3.8) is 0 Å². The van der Waals surface area contributed by atoms with E-state index < -0.39 is 43.4 Å². The maximum absolute atomic E-state index is 13.3. The van der Waals surface area contributed by atoms with Crippen molar-refractivity contribution in [2.75, 3.05) is 20.2 Å². The van der Waals surface area contributed by atoms with Gasteiger partial charge in [0.05, 0.1) is 19.2 Å². The van der Waals surface area contributed by atoms with Crippen LogP contribution in [-0.4, -0.2) is 64.7 Å². The zero-order valence-electron chi connectivity index (χ0n) is 19.7. The van der Waals surface area contributed by atoms with Crippen LogP contribution >= 0.6 is 11.3 Å². The monoisotopic (exact) mass is 599 g/mol. The molecule has 1 aliphatic heterocycles. The number of thiophene rings is 1. The number of ether oxygens (including phenoxy) is 1. The fourth-order valence-electron chi connectivity index (χ4n) is 3.59. The molecule has 0 aliphatic carbocycles. The summed E-state index contributed by atoms with van der Waals surface area (Å²) in [5, 5.41) is 2.62. The van der Waals surface area contributed by atoms with Gasteiger partial charge in [0.15, 0.2) is 0 Å².